The topological polar surface area (TPSA) is 46.2 Å². The second kappa shape index (κ2) is 4.60. The molecule has 0 saturated carbocycles. The fraction of sp³-hybridized carbons (Fsp3) is 0.417. The number of anilines is 1. The molecule has 0 aliphatic carbocycles. The number of nitrogens with zero attached hydrogens (tertiary/aromatic N) is 1. The summed E-state index contributed by atoms with van der Waals surface area (Å²) in [6.07, 6.45) is 0.224. The fourth-order valence-electron chi connectivity index (χ4n) is 2.14. The number of methoxy groups -OCH3 is 1. The number of rotatable bonds is 3. The van der Waals surface area contributed by atoms with Crippen molar-refractivity contribution in [3.63, 3.8) is 0 Å². The van der Waals surface area contributed by atoms with Gasteiger partial charge >= 0.3 is 0 Å². The molecule has 1 saturated heterocycles. The van der Waals surface area contributed by atoms with Crippen LogP contribution >= 0.6 is 11.3 Å². The highest BCUT2D eigenvalue weighted by molar-refractivity contribution is 7.22. The van der Waals surface area contributed by atoms with Gasteiger partial charge in [-0.05, 0) is 12.1 Å². The van der Waals surface area contributed by atoms with Crippen molar-refractivity contribution in [2.75, 3.05) is 25.5 Å². The Morgan fingerprint density at radius 2 is 2.29 bits per heavy atom. The van der Waals surface area contributed by atoms with Crippen LogP contribution in [0.1, 0.15) is 0 Å². The zero-order valence-corrected chi connectivity index (χ0v) is 10.5. The van der Waals surface area contributed by atoms with E-state index in [9.17, 15) is 0 Å². The Labute approximate surface area is 104 Å². The molecule has 2 N–H and O–H groups in total. The first-order valence-corrected chi connectivity index (χ1v) is 6.54. The van der Waals surface area contributed by atoms with Crippen LogP contribution in [0.3, 0.4) is 0 Å². The molecule has 90 valence electrons. The van der Waals surface area contributed by atoms with Gasteiger partial charge in [-0.3, -0.25) is 0 Å². The van der Waals surface area contributed by atoms with Crippen LogP contribution in [-0.4, -0.2) is 37.3 Å². The highest BCUT2D eigenvalue weighted by Gasteiger charge is 2.27. The van der Waals surface area contributed by atoms with E-state index in [1.807, 2.05) is 18.2 Å². The second-order valence-corrected chi connectivity index (χ2v) is 5.20. The van der Waals surface area contributed by atoms with Gasteiger partial charge in [0.15, 0.2) is 5.13 Å². The highest BCUT2D eigenvalue weighted by Crippen LogP contribution is 2.26. The first-order chi connectivity index (χ1) is 8.36. The Morgan fingerprint density at radius 1 is 1.41 bits per heavy atom. The summed E-state index contributed by atoms with van der Waals surface area (Å²) in [7, 11) is 1.75. The van der Waals surface area contributed by atoms with Crippen molar-refractivity contribution in [2.45, 2.75) is 12.1 Å². The molecule has 2 atom stereocenters. The monoisotopic (exact) mass is 249 g/mol. The summed E-state index contributed by atoms with van der Waals surface area (Å²) in [5, 5.41) is 7.74. The van der Waals surface area contributed by atoms with Gasteiger partial charge in [0.05, 0.1) is 22.4 Å². The Kier molecular flexibility index (Phi) is 2.96. The minimum atomic E-state index is 0.224. The molecule has 2 aromatic rings. The predicted molar refractivity (Wildman–Crippen MR) is 70.7 cm³/mol. The van der Waals surface area contributed by atoms with Crippen molar-refractivity contribution in [2.24, 2.45) is 0 Å². The zero-order chi connectivity index (χ0) is 11.7. The number of benzene rings is 1. The van der Waals surface area contributed by atoms with Crippen LogP contribution in [0, 0.1) is 0 Å². The number of ether oxygens (including phenoxy) is 1. The van der Waals surface area contributed by atoms with E-state index in [1.165, 1.54) is 4.70 Å². The van der Waals surface area contributed by atoms with Gasteiger partial charge in [-0.25, -0.2) is 4.98 Å². The summed E-state index contributed by atoms with van der Waals surface area (Å²) in [5.74, 6) is 0. The quantitative estimate of drug-likeness (QED) is 0.869. The lowest BCUT2D eigenvalue weighted by Gasteiger charge is -2.17. The smallest absolute Gasteiger partial charge is 0.184 e. The maximum absolute atomic E-state index is 5.42. The van der Waals surface area contributed by atoms with Crippen molar-refractivity contribution in [3.8, 4) is 0 Å². The van der Waals surface area contributed by atoms with Gasteiger partial charge in [-0.15, -0.1) is 0 Å². The van der Waals surface area contributed by atoms with E-state index >= 15 is 0 Å². The molecule has 3 rings (SSSR count). The normalized spacial score (nSPS) is 24.3. The van der Waals surface area contributed by atoms with Gasteiger partial charge in [0.1, 0.15) is 0 Å². The lowest BCUT2D eigenvalue weighted by atomic mass is 10.2. The van der Waals surface area contributed by atoms with E-state index in [2.05, 4.69) is 21.7 Å². The number of thiazole rings is 1. The summed E-state index contributed by atoms with van der Waals surface area (Å²) in [5.41, 5.74) is 1.06. The minimum absolute atomic E-state index is 0.224. The molecule has 2 heterocycles. The third kappa shape index (κ3) is 2.13. The Balaban J connectivity index is 1.80. The van der Waals surface area contributed by atoms with Crippen molar-refractivity contribution >= 4 is 26.7 Å². The van der Waals surface area contributed by atoms with Crippen LogP contribution in [-0.2, 0) is 4.74 Å². The summed E-state index contributed by atoms with van der Waals surface area (Å²) in [6, 6.07) is 8.50. The van der Waals surface area contributed by atoms with Gasteiger partial charge < -0.3 is 15.4 Å². The molecular weight excluding hydrogens is 234 g/mol. The fourth-order valence-corrected chi connectivity index (χ4v) is 3.07. The lowest BCUT2D eigenvalue weighted by Crippen LogP contribution is -2.33. The van der Waals surface area contributed by atoms with Crippen molar-refractivity contribution < 1.29 is 4.74 Å². The van der Waals surface area contributed by atoms with E-state index in [1.54, 1.807) is 18.4 Å². The molecule has 0 amide bonds. The summed E-state index contributed by atoms with van der Waals surface area (Å²) in [4.78, 5) is 4.57. The molecule has 1 aliphatic heterocycles. The van der Waals surface area contributed by atoms with Gasteiger partial charge in [-0.2, -0.15) is 0 Å². The second-order valence-electron chi connectivity index (χ2n) is 4.17. The number of para-hydroxylation sites is 1. The molecule has 0 bridgehead atoms. The van der Waals surface area contributed by atoms with E-state index < -0.39 is 0 Å². The Bertz CT molecular complexity index is 480. The summed E-state index contributed by atoms with van der Waals surface area (Å²) < 4.78 is 6.64. The number of aromatic nitrogens is 1. The third-order valence-corrected chi connectivity index (χ3v) is 4.03. The first kappa shape index (κ1) is 11.0. The standard InChI is InChI=1S/C12H15N3OS/c1-16-10-7-13-6-9(10)15-12-14-8-4-2-3-5-11(8)17-12/h2-5,9-10,13H,6-7H2,1H3,(H,14,15)/t9?,10-/m0/s1. The largest absolute Gasteiger partial charge is 0.378 e. The number of nitrogens with one attached hydrogen (secondary N) is 2. The average molecular weight is 249 g/mol. The van der Waals surface area contributed by atoms with E-state index in [0.717, 1.165) is 23.7 Å². The van der Waals surface area contributed by atoms with Crippen molar-refractivity contribution in [1.82, 2.24) is 10.3 Å². The van der Waals surface area contributed by atoms with Gasteiger partial charge in [0, 0.05) is 20.2 Å². The Hall–Kier alpha value is -1.17. The first-order valence-electron chi connectivity index (χ1n) is 5.72. The predicted octanol–water partition coefficient (Wildman–Crippen LogP) is 1.69. The molecule has 1 unspecified atom stereocenters. The van der Waals surface area contributed by atoms with Crippen molar-refractivity contribution in [1.29, 1.82) is 0 Å². The van der Waals surface area contributed by atoms with Crippen molar-refractivity contribution in [3.05, 3.63) is 24.3 Å². The van der Waals surface area contributed by atoms with Gasteiger partial charge in [0.25, 0.3) is 0 Å². The number of fused-ring (bicyclic) bond motifs is 1. The minimum Gasteiger partial charge on any atom is -0.378 e. The van der Waals surface area contributed by atoms with Gasteiger partial charge in [0.2, 0.25) is 0 Å². The molecular formula is C12H15N3OS. The molecule has 1 aromatic carbocycles. The maximum atomic E-state index is 5.42. The van der Waals surface area contributed by atoms with Crippen LogP contribution in [0.15, 0.2) is 24.3 Å². The number of hydrogen-bond acceptors (Lipinski definition) is 5. The van der Waals surface area contributed by atoms with E-state index in [0.29, 0.717) is 6.04 Å². The van der Waals surface area contributed by atoms with Crippen LogP contribution in [0.25, 0.3) is 10.2 Å². The Morgan fingerprint density at radius 3 is 3.12 bits per heavy atom. The average Bonchev–Trinajstić information content (AvgIpc) is 2.94. The molecule has 1 aromatic heterocycles. The zero-order valence-electron chi connectivity index (χ0n) is 9.64. The van der Waals surface area contributed by atoms with Crippen LogP contribution < -0.4 is 10.6 Å². The summed E-state index contributed by atoms with van der Waals surface area (Å²) >= 11 is 1.69. The van der Waals surface area contributed by atoms with Crippen LogP contribution in [0.5, 0.6) is 0 Å². The summed E-state index contributed by atoms with van der Waals surface area (Å²) in [6.45, 7) is 1.83. The van der Waals surface area contributed by atoms with E-state index in [4.69, 9.17) is 4.74 Å². The molecule has 4 nitrogen and oxygen atoms in total. The maximum Gasteiger partial charge on any atom is 0.184 e. The SMILES string of the molecule is CO[C@H]1CNCC1Nc1nc2ccccc2s1. The molecule has 17 heavy (non-hydrogen) atoms. The number of hydrogen-bond donors (Lipinski definition) is 2. The molecule has 0 spiro atoms. The molecule has 1 aliphatic rings. The van der Waals surface area contributed by atoms with Crippen LogP contribution in [0.2, 0.25) is 0 Å². The third-order valence-electron chi connectivity index (χ3n) is 3.06. The highest BCUT2D eigenvalue weighted by atomic mass is 32.1. The van der Waals surface area contributed by atoms with E-state index in [-0.39, 0.29) is 6.10 Å². The molecule has 5 heteroatoms. The van der Waals surface area contributed by atoms with Gasteiger partial charge in [-0.1, -0.05) is 23.5 Å². The molecule has 1 fully saturated rings. The van der Waals surface area contributed by atoms with Crippen LogP contribution in [0.4, 0.5) is 5.13 Å². The molecule has 0 radical (unpaired) electrons. The lowest BCUT2D eigenvalue weighted by molar-refractivity contribution is 0.111.